The molecule has 0 saturated heterocycles. The Balaban J connectivity index is 2.26. The summed E-state index contributed by atoms with van der Waals surface area (Å²) in [6.45, 7) is 7.11. The summed E-state index contributed by atoms with van der Waals surface area (Å²) >= 11 is 1.69. The highest BCUT2D eigenvalue weighted by molar-refractivity contribution is 7.18. The van der Waals surface area contributed by atoms with Gasteiger partial charge in [-0.1, -0.05) is 0 Å². The maximum atomic E-state index is 4.65. The zero-order valence-electron chi connectivity index (χ0n) is 11.6. The first kappa shape index (κ1) is 12.9. The summed E-state index contributed by atoms with van der Waals surface area (Å²) in [4.78, 5) is 19.7. The van der Waals surface area contributed by atoms with Gasteiger partial charge in [0.05, 0.1) is 5.39 Å². The van der Waals surface area contributed by atoms with E-state index in [0.29, 0.717) is 5.82 Å². The number of hydrogen-bond acceptors (Lipinski definition) is 6. The standard InChI is InChI=1S/C14H15N5S/c1-4-16-13-11-8(2)9(3)20-14(11)19-12(18-13)10-5-6-15-7-17-10/h5-7H,4H2,1-3H3,(H,16,18,19). The van der Waals surface area contributed by atoms with Crippen LogP contribution in [0.5, 0.6) is 0 Å². The number of nitrogens with zero attached hydrogens (tertiary/aromatic N) is 4. The van der Waals surface area contributed by atoms with Crippen LogP contribution in [0.2, 0.25) is 0 Å². The first-order valence-corrected chi connectivity index (χ1v) is 7.30. The Labute approximate surface area is 121 Å². The van der Waals surface area contributed by atoms with Crippen molar-refractivity contribution < 1.29 is 0 Å². The third kappa shape index (κ3) is 2.12. The van der Waals surface area contributed by atoms with Crippen LogP contribution in [0.25, 0.3) is 21.7 Å². The zero-order valence-corrected chi connectivity index (χ0v) is 12.5. The number of aromatic nitrogens is 4. The Kier molecular flexibility index (Phi) is 3.31. The molecule has 0 spiro atoms. The van der Waals surface area contributed by atoms with Gasteiger partial charge in [0.2, 0.25) is 0 Å². The molecule has 0 fully saturated rings. The van der Waals surface area contributed by atoms with E-state index in [1.807, 2.05) is 6.07 Å². The number of anilines is 1. The molecular formula is C14H15N5S. The Hall–Kier alpha value is -2.08. The first-order valence-electron chi connectivity index (χ1n) is 6.48. The van der Waals surface area contributed by atoms with Crippen molar-refractivity contribution in [2.45, 2.75) is 20.8 Å². The van der Waals surface area contributed by atoms with Gasteiger partial charge in [0.15, 0.2) is 5.82 Å². The summed E-state index contributed by atoms with van der Waals surface area (Å²) < 4.78 is 0. The second kappa shape index (κ2) is 5.13. The first-order chi connectivity index (χ1) is 9.70. The molecule has 3 aromatic heterocycles. The van der Waals surface area contributed by atoms with Crippen LogP contribution < -0.4 is 5.32 Å². The predicted molar refractivity (Wildman–Crippen MR) is 82.1 cm³/mol. The maximum absolute atomic E-state index is 4.65. The molecule has 0 aliphatic carbocycles. The molecule has 1 N–H and O–H groups in total. The molecule has 20 heavy (non-hydrogen) atoms. The van der Waals surface area contributed by atoms with Crippen molar-refractivity contribution in [3.8, 4) is 11.5 Å². The van der Waals surface area contributed by atoms with E-state index in [0.717, 1.165) is 28.3 Å². The highest BCUT2D eigenvalue weighted by Crippen LogP contribution is 2.34. The van der Waals surface area contributed by atoms with Gasteiger partial charge < -0.3 is 5.32 Å². The molecule has 102 valence electrons. The topological polar surface area (TPSA) is 63.6 Å². The van der Waals surface area contributed by atoms with Crippen LogP contribution in [-0.2, 0) is 0 Å². The normalized spacial score (nSPS) is 10.9. The molecule has 0 amide bonds. The number of rotatable bonds is 3. The van der Waals surface area contributed by atoms with Crippen molar-refractivity contribution >= 4 is 27.4 Å². The predicted octanol–water partition coefficient (Wildman–Crippen LogP) is 3.20. The van der Waals surface area contributed by atoms with Gasteiger partial charge in [-0.05, 0) is 32.4 Å². The van der Waals surface area contributed by atoms with E-state index in [-0.39, 0.29) is 0 Å². The van der Waals surface area contributed by atoms with Crippen LogP contribution in [0.4, 0.5) is 5.82 Å². The molecule has 0 bridgehead atoms. The summed E-state index contributed by atoms with van der Waals surface area (Å²) in [6, 6.07) is 1.82. The van der Waals surface area contributed by atoms with E-state index in [4.69, 9.17) is 0 Å². The van der Waals surface area contributed by atoms with Crippen LogP contribution in [0.1, 0.15) is 17.4 Å². The number of hydrogen-bond donors (Lipinski definition) is 1. The van der Waals surface area contributed by atoms with E-state index in [9.17, 15) is 0 Å². The largest absolute Gasteiger partial charge is 0.370 e. The number of thiophene rings is 1. The molecule has 3 heterocycles. The SMILES string of the molecule is CCNc1nc(-c2ccncn2)nc2sc(C)c(C)c12. The van der Waals surface area contributed by atoms with Gasteiger partial charge in [-0.3, -0.25) is 0 Å². The van der Waals surface area contributed by atoms with Gasteiger partial charge >= 0.3 is 0 Å². The molecule has 0 saturated carbocycles. The molecule has 6 heteroatoms. The van der Waals surface area contributed by atoms with Gasteiger partial charge in [-0.25, -0.2) is 19.9 Å². The number of nitrogens with one attached hydrogen (secondary N) is 1. The summed E-state index contributed by atoms with van der Waals surface area (Å²) in [6.07, 6.45) is 3.22. The lowest BCUT2D eigenvalue weighted by atomic mass is 10.2. The minimum absolute atomic E-state index is 0.636. The summed E-state index contributed by atoms with van der Waals surface area (Å²) in [5.41, 5.74) is 1.99. The van der Waals surface area contributed by atoms with Gasteiger partial charge in [0, 0.05) is 17.6 Å². The molecule has 0 aromatic carbocycles. The number of aryl methyl sites for hydroxylation is 2. The molecule has 0 radical (unpaired) electrons. The fraction of sp³-hybridized carbons (Fsp3) is 0.286. The van der Waals surface area contributed by atoms with Gasteiger partial charge in [-0.2, -0.15) is 0 Å². The van der Waals surface area contributed by atoms with Crippen molar-refractivity contribution in [2.24, 2.45) is 0 Å². The van der Waals surface area contributed by atoms with Crippen molar-refractivity contribution in [1.82, 2.24) is 19.9 Å². The second-order valence-corrected chi connectivity index (χ2v) is 5.69. The van der Waals surface area contributed by atoms with E-state index in [1.165, 1.54) is 16.8 Å². The Morgan fingerprint density at radius 1 is 1.25 bits per heavy atom. The highest BCUT2D eigenvalue weighted by atomic mass is 32.1. The fourth-order valence-electron chi connectivity index (χ4n) is 2.08. The summed E-state index contributed by atoms with van der Waals surface area (Å²) in [5, 5.41) is 4.44. The highest BCUT2D eigenvalue weighted by Gasteiger charge is 2.15. The summed E-state index contributed by atoms with van der Waals surface area (Å²) in [7, 11) is 0. The third-order valence-electron chi connectivity index (χ3n) is 3.18. The lowest BCUT2D eigenvalue weighted by Gasteiger charge is -2.07. The Morgan fingerprint density at radius 2 is 2.10 bits per heavy atom. The molecule has 5 nitrogen and oxygen atoms in total. The van der Waals surface area contributed by atoms with Crippen LogP contribution in [0.3, 0.4) is 0 Å². The molecule has 0 aliphatic rings. The second-order valence-electron chi connectivity index (χ2n) is 4.48. The van der Waals surface area contributed by atoms with Crippen LogP contribution in [0.15, 0.2) is 18.6 Å². The van der Waals surface area contributed by atoms with Gasteiger partial charge in [0.25, 0.3) is 0 Å². The third-order valence-corrected chi connectivity index (χ3v) is 4.29. The molecule has 3 rings (SSSR count). The molecule has 0 atom stereocenters. The van der Waals surface area contributed by atoms with Crippen LogP contribution in [-0.4, -0.2) is 26.5 Å². The summed E-state index contributed by atoms with van der Waals surface area (Å²) in [5.74, 6) is 1.52. The van der Waals surface area contributed by atoms with Crippen molar-refractivity contribution in [2.75, 3.05) is 11.9 Å². The van der Waals surface area contributed by atoms with Crippen molar-refractivity contribution in [3.05, 3.63) is 29.0 Å². The van der Waals surface area contributed by atoms with Crippen LogP contribution in [0, 0.1) is 13.8 Å². The molecule has 0 unspecified atom stereocenters. The quantitative estimate of drug-likeness (QED) is 0.800. The molecule has 3 aromatic rings. The van der Waals surface area contributed by atoms with Crippen molar-refractivity contribution in [3.63, 3.8) is 0 Å². The minimum atomic E-state index is 0.636. The lowest BCUT2D eigenvalue weighted by Crippen LogP contribution is -2.03. The lowest BCUT2D eigenvalue weighted by molar-refractivity contribution is 1.11. The average Bonchev–Trinajstić information content (AvgIpc) is 2.75. The Morgan fingerprint density at radius 3 is 2.80 bits per heavy atom. The van der Waals surface area contributed by atoms with Crippen LogP contribution >= 0.6 is 11.3 Å². The van der Waals surface area contributed by atoms with E-state index < -0.39 is 0 Å². The van der Waals surface area contributed by atoms with E-state index in [1.54, 1.807) is 17.5 Å². The van der Waals surface area contributed by atoms with Gasteiger partial charge in [0.1, 0.15) is 22.7 Å². The molecule has 0 aliphatic heterocycles. The minimum Gasteiger partial charge on any atom is -0.370 e. The van der Waals surface area contributed by atoms with Gasteiger partial charge in [-0.15, -0.1) is 11.3 Å². The van der Waals surface area contributed by atoms with Crippen molar-refractivity contribution in [1.29, 1.82) is 0 Å². The zero-order chi connectivity index (χ0) is 14.1. The number of fused-ring (bicyclic) bond motifs is 1. The smallest absolute Gasteiger partial charge is 0.181 e. The maximum Gasteiger partial charge on any atom is 0.181 e. The fourth-order valence-corrected chi connectivity index (χ4v) is 3.11. The average molecular weight is 285 g/mol. The van der Waals surface area contributed by atoms with E-state index in [2.05, 4.69) is 46.0 Å². The van der Waals surface area contributed by atoms with E-state index >= 15 is 0 Å². The molecular weight excluding hydrogens is 270 g/mol. The Bertz CT molecular complexity index is 751. The monoisotopic (exact) mass is 285 g/mol.